The Bertz CT molecular complexity index is 552. The van der Waals surface area contributed by atoms with E-state index < -0.39 is 62.7 Å². The largest absolute Gasteiger partial charge is 0.480 e. The molecule has 1 rings (SSSR count). The highest BCUT2D eigenvalue weighted by molar-refractivity contribution is 5.69. The maximum Gasteiger partial charge on any atom is 0.317 e. The van der Waals surface area contributed by atoms with Crippen molar-refractivity contribution in [2.45, 2.75) is 24.3 Å². The molecule has 0 radical (unpaired) electrons. The number of hydrogen-bond donors (Lipinski definition) is 8. The smallest absolute Gasteiger partial charge is 0.317 e. The van der Waals surface area contributed by atoms with Crippen molar-refractivity contribution in [3.05, 3.63) is 0 Å². The van der Waals surface area contributed by atoms with Gasteiger partial charge in [0.25, 0.3) is 0 Å². The lowest BCUT2D eigenvalue weighted by atomic mass is 10.1. The molecule has 1 aliphatic heterocycles. The highest BCUT2D eigenvalue weighted by Crippen LogP contribution is 2.11. The molecule has 1 saturated heterocycles. The van der Waals surface area contributed by atoms with Gasteiger partial charge in [0, 0.05) is 52.4 Å². The van der Waals surface area contributed by atoms with Crippen molar-refractivity contribution in [2.75, 3.05) is 91.9 Å². The van der Waals surface area contributed by atoms with Crippen LogP contribution < -0.4 is 0 Å². The molecular formula is C20H40N4O10. The number of aliphatic hydroxyl groups excluding tert-OH is 6. The van der Waals surface area contributed by atoms with Gasteiger partial charge in [-0.25, -0.2) is 0 Å². The van der Waals surface area contributed by atoms with E-state index in [4.69, 9.17) is 0 Å². The average molecular weight is 497 g/mol. The number of nitrogens with zero attached hydrogens (tertiary/aromatic N) is 4. The zero-order valence-corrected chi connectivity index (χ0v) is 19.4. The standard InChI is InChI=1S/C20H40N4O10/c25-11-15(17(29)13-27)23-5-3-21(9-19(31)32)1-2-22(10-20(33)34)4-6-24(8-7-23)16(12-26)18(30)14-28/h15-18,25-30H,1-14H2,(H,31,32)(H,33,34)/t15-,16?,17-,18-/m0/s1. The molecule has 4 atom stereocenters. The maximum absolute atomic E-state index is 11.3. The summed E-state index contributed by atoms with van der Waals surface area (Å²) in [6.07, 6.45) is -2.50. The quantitative estimate of drug-likeness (QED) is 0.127. The fourth-order valence-electron chi connectivity index (χ4n) is 4.09. The molecule has 0 spiro atoms. The fraction of sp³-hybridized carbons (Fsp3) is 0.900. The highest BCUT2D eigenvalue weighted by atomic mass is 16.4. The summed E-state index contributed by atoms with van der Waals surface area (Å²) in [5, 5.41) is 77.4. The molecule has 1 heterocycles. The number of aliphatic carboxylic acids is 2. The minimum absolute atomic E-state index is 0.219. The first kappa shape index (κ1) is 30.6. The van der Waals surface area contributed by atoms with Gasteiger partial charge < -0.3 is 40.9 Å². The van der Waals surface area contributed by atoms with Gasteiger partial charge >= 0.3 is 11.9 Å². The molecule has 0 amide bonds. The number of carboxylic acid groups (broad SMARTS) is 2. The van der Waals surface area contributed by atoms with Gasteiger partial charge in [-0.3, -0.25) is 29.2 Å². The van der Waals surface area contributed by atoms with Crippen LogP contribution in [-0.2, 0) is 9.59 Å². The summed E-state index contributed by atoms with van der Waals surface area (Å²) in [5.74, 6) is -2.10. The van der Waals surface area contributed by atoms with E-state index in [1.807, 2.05) is 0 Å². The topological polar surface area (TPSA) is 209 Å². The van der Waals surface area contributed by atoms with Crippen LogP contribution in [0.25, 0.3) is 0 Å². The normalized spacial score (nSPS) is 22.3. The Morgan fingerprint density at radius 2 is 0.853 bits per heavy atom. The van der Waals surface area contributed by atoms with E-state index in [2.05, 4.69) is 0 Å². The van der Waals surface area contributed by atoms with Gasteiger partial charge in [0.1, 0.15) is 0 Å². The van der Waals surface area contributed by atoms with E-state index in [0.29, 0.717) is 0 Å². The zero-order valence-electron chi connectivity index (χ0n) is 19.4. The van der Waals surface area contributed by atoms with E-state index >= 15 is 0 Å². The lowest BCUT2D eigenvalue weighted by molar-refractivity contribution is -0.140. The van der Waals surface area contributed by atoms with Crippen LogP contribution >= 0.6 is 0 Å². The Balaban J connectivity index is 3.20. The third-order valence-electron chi connectivity index (χ3n) is 6.11. The molecule has 200 valence electrons. The molecule has 0 aliphatic carbocycles. The Hall–Kier alpha value is -1.46. The number of carbonyl (C=O) groups is 2. The van der Waals surface area contributed by atoms with Crippen LogP contribution in [0.2, 0.25) is 0 Å². The van der Waals surface area contributed by atoms with Crippen LogP contribution in [0.3, 0.4) is 0 Å². The first-order valence-electron chi connectivity index (χ1n) is 11.3. The van der Waals surface area contributed by atoms with Crippen molar-refractivity contribution in [1.82, 2.24) is 19.6 Å². The fourth-order valence-corrected chi connectivity index (χ4v) is 4.09. The highest BCUT2D eigenvalue weighted by Gasteiger charge is 2.30. The summed E-state index contributed by atoms with van der Waals surface area (Å²) in [7, 11) is 0. The van der Waals surface area contributed by atoms with Crippen molar-refractivity contribution in [3.8, 4) is 0 Å². The van der Waals surface area contributed by atoms with Crippen molar-refractivity contribution < 1.29 is 50.4 Å². The zero-order chi connectivity index (χ0) is 25.7. The predicted octanol–water partition coefficient (Wildman–Crippen LogP) is -5.19. The maximum atomic E-state index is 11.3. The van der Waals surface area contributed by atoms with E-state index in [9.17, 15) is 50.4 Å². The van der Waals surface area contributed by atoms with E-state index in [1.165, 1.54) is 0 Å². The van der Waals surface area contributed by atoms with Crippen LogP contribution in [0.15, 0.2) is 0 Å². The van der Waals surface area contributed by atoms with Crippen molar-refractivity contribution >= 4 is 11.9 Å². The second-order valence-corrected chi connectivity index (χ2v) is 8.41. The van der Waals surface area contributed by atoms with E-state index in [0.717, 1.165) is 0 Å². The molecule has 34 heavy (non-hydrogen) atoms. The molecule has 1 unspecified atom stereocenters. The van der Waals surface area contributed by atoms with E-state index in [1.54, 1.807) is 19.6 Å². The Labute approximate surface area is 198 Å². The predicted molar refractivity (Wildman–Crippen MR) is 119 cm³/mol. The van der Waals surface area contributed by atoms with Crippen LogP contribution in [0.5, 0.6) is 0 Å². The van der Waals surface area contributed by atoms with Crippen LogP contribution in [0, 0.1) is 0 Å². The minimum atomic E-state index is -1.25. The summed E-state index contributed by atoms with van der Waals surface area (Å²) in [6, 6.07) is -1.67. The average Bonchev–Trinajstić information content (AvgIpc) is 2.79. The van der Waals surface area contributed by atoms with Crippen LogP contribution in [0.1, 0.15) is 0 Å². The van der Waals surface area contributed by atoms with Crippen molar-refractivity contribution in [3.63, 3.8) is 0 Å². The summed E-state index contributed by atoms with van der Waals surface area (Å²) < 4.78 is 0. The molecule has 1 fully saturated rings. The summed E-state index contributed by atoms with van der Waals surface area (Å²) in [5.41, 5.74) is 0. The monoisotopic (exact) mass is 496 g/mol. The van der Waals surface area contributed by atoms with Crippen molar-refractivity contribution in [2.24, 2.45) is 0 Å². The summed E-state index contributed by atoms with van der Waals surface area (Å²) in [6.45, 7) is -0.763. The van der Waals surface area contributed by atoms with Gasteiger partial charge in [-0.1, -0.05) is 0 Å². The first-order valence-corrected chi connectivity index (χ1v) is 11.3. The molecule has 0 bridgehead atoms. The molecule has 0 aromatic carbocycles. The van der Waals surface area contributed by atoms with Gasteiger partial charge in [0.15, 0.2) is 0 Å². The molecule has 0 aromatic rings. The second kappa shape index (κ2) is 16.3. The Kier molecular flexibility index (Phi) is 14.6. The van der Waals surface area contributed by atoms with Gasteiger partial charge in [-0.05, 0) is 0 Å². The number of hydrogen-bond acceptors (Lipinski definition) is 12. The van der Waals surface area contributed by atoms with Gasteiger partial charge in [-0.15, -0.1) is 0 Å². The minimum Gasteiger partial charge on any atom is -0.480 e. The van der Waals surface area contributed by atoms with Gasteiger partial charge in [0.05, 0.1) is 63.8 Å². The number of aliphatic hydroxyl groups is 6. The van der Waals surface area contributed by atoms with Gasteiger partial charge in [-0.2, -0.15) is 0 Å². The first-order chi connectivity index (χ1) is 16.2. The number of carboxylic acids is 2. The molecular weight excluding hydrogens is 456 g/mol. The molecule has 1 aliphatic rings. The lowest BCUT2D eigenvalue weighted by Gasteiger charge is -2.40. The molecule has 0 saturated carbocycles. The molecule has 0 aromatic heterocycles. The van der Waals surface area contributed by atoms with E-state index in [-0.39, 0.29) is 65.4 Å². The molecule has 14 heteroatoms. The lowest BCUT2D eigenvalue weighted by Crippen LogP contribution is -2.56. The summed E-state index contributed by atoms with van der Waals surface area (Å²) in [4.78, 5) is 29.3. The van der Waals surface area contributed by atoms with Crippen LogP contribution in [0.4, 0.5) is 0 Å². The third-order valence-corrected chi connectivity index (χ3v) is 6.11. The number of rotatable bonds is 12. The van der Waals surface area contributed by atoms with Gasteiger partial charge in [0.2, 0.25) is 0 Å². The SMILES string of the molecule is O=C(O)CN1CCN(CC(=O)O)CCN([C@@H](CO)[C@@H](O)CO)CCN(C(CO)[C@@H](O)CO)CC1. The Morgan fingerprint density at radius 1 is 0.559 bits per heavy atom. The molecule has 8 N–H and O–H groups in total. The van der Waals surface area contributed by atoms with Crippen molar-refractivity contribution in [1.29, 1.82) is 0 Å². The van der Waals surface area contributed by atoms with Crippen LogP contribution in [-0.4, -0.2) is 189 Å². The second-order valence-electron chi connectivity index (χ2n) is 8.41. The summed E-state index contributed by atoms with van der Waals surface area (Å²) >= 11 is 0. The Morgan fingerprint density at radius 3 is 1.12 bits per heavy atom. The molecule has 14 nitrogen and oxygen atoms in total. The third kappa shape index (κ3) is 10.4.